The van der Waals surface area contributed by atoms with Gasteiger partial charge in [0.2, 0.25) is 0 Å². The lowest BCUT2D eigenvalue weighted by atomic mass is 9.81. The Morgan fingerprint density at radius 3 is 0.590 bits per heavy atom. The van der Waals surface area contributed by atoms with Crippen molar-refractivity contribution in [2.75, 3.05) is 57.0 Å². The van der Waals surface area contributed by atoms with Gasteiger partial charge in [-0.1, -0.05) is 169 Å². The number of fused-ring (bicyclic) bond motifs is 9. The van der Waals surface area contributed by atoms with E-state index in [2.05, 4.69) is 299 Å². The smallest absolute Gasteiger partial charge is 0.0364 e. The fourth-order valence-corrected chi connectivity index (χ4v) is 13.2. The van der Waals surface area contributed by atoms with Crippen molar-refractivity contribution in [1.29, 1.82) is 0 Å². The summed E-state index contributed by atoms with van der Waals surface area (Å²) in [6, 6.07) is 76.8. The van der Waals surface area contributed by atoms with Gasteiger partial charge in [0.05, 0.1) is 0 Å². The maximum absolute atomic E-state index is 2.43. The second-order valence-electron chi connectivity index (χ2n) is 24.6. The SMILES string of the molecule is CN(C)c1ccc2c(c1)C(C)(C)c1cc(-c3ccc(-c4cc(-c5ccc(-c6ccc7c(c6)C(C)(C)c6cc(N(C)C)ccc6-7)cc5)cc(-c5ccc(-c6ccc7c(c6)C(C)(C)c6cc(N(C)C)ccc6-7)cc5)c4)cc3)ccc1-2. The van der Waals surface area contributed by atoms with Crippen LogP contribution in [0.1, 0.15) is 74.9 Å². The van der Waals surface area contributed by atoms with Gasteiger partial charge in [-0.05, 0) is 206 Å². The van der Waals surface area contributed by atoms with E-state index in [9.17, 15) is 0 Å². The molecular weight excluding hydrogens is 943 g/mol. The lowest BCUT2D eigenvalue weighted by molar-refractivity contribution is 0.660. The zero-order chi connectivity index (χ0) is 54.2. The zero-order valence-electron chi connectivity index (χ0n) is 47.4. The van der Waals surface area contributed by atoms with Gasteiger partial charge in [-0.15, -0.1) is 0 Å². The third kappa shape index (κ3) is 7.84. The molecule has 0 radical (unpaired) electrons. The van der Waals surface area contributed by atoms with Crippen LogP contribution in [-0.4, -0.2) is 42.3 Å². The first-order chi connectivity index (χ1) is 37.3. The Morgan fingerprint density at radius 2 is 0.372 bits per heavy atom. The Labute approximate surface area is 463 Å². The molecular formula is C75H69N3. The Balaban J connectivity index is 0.842. The third-order valence-corrected chi connectivity index (χ3v) is 18.1. The van der Waals surface area contributed by atoms with Crippen LogP contribution >= 0.6 is 0 Å². The van der Waals surface area contributed by atoms with Crippen LogP contribution in [0.15, 0.2) is 200 Å². The molecule has 3 aliphatic carbocycles. The van der Waals surface area contributed by atoms with Crippen LogP contribution < -0.4 is 14.7 Å². The van der Waals surface area contributed by atoms with Gasteiger partial charge in [0.15, 0.2) is 0 Å². The molecule has 13 rings (SSSR count). The minimum absolute atomic E-state index is 0.0948. The van der Waals surface area contributed by atoms with Gasteiger partial charge in [0, 0.05) is 75.6 Å². The van der Waals surface area contributed by atoms with Crippen LogP contribution in [-0.2, 0) is 16.2 Å². The topological polar surface area (TPSA) is 9.72 Å². The molecule has 0 unspecified atom stereocenters. The lowest BCUT2D eigenvalue weighted by Crippen LogP contribution is -2.16. The molecule has 10 aromatic carbocycles. The fraction of sp³-hybridized carbons (Fsp3) is 0.200. The van der Waals surface area contributed by atoms with E-state index in [1.165, 1.54) is 151 Å². The van der Waals surface area contributed by atoms with Crippen molar-refractivity contribution in [2.45, 2.75) is 57.8 Å². The Morgan fingerprint density at radius 1 is 0.192 bits per heavy atom. The predicted octanol–water partition coefficient (Wildman–Crippen LogP) is 18.8. The number of hydrogen-bond donors (Lipinski definition) is 0. The Kier molecular flexibility index (Phi) is 11.2. The Bertz CT molecular complexity index is 3620. The quantitative estimate of drug-likeness (QED) is 0.143. The van der Waals surface area contributed by atoms with E-state index in [1.54, 1.807) is 0 Å². The maximum Gasteiger partial charge on any atom is 0.0364 e. The molecule has 0 N–H and O–H groups in total. The van der Waals surface area contributed by atoms with Gasteiger partial charge in [0.1, 0.15) is 0 Å². The molecule has 0 heterocycles. The minimum Gasteiger partial charge on any atom is -0.378 e. The van der Waals surface area contributed by atoms with Gasteiger partial charge >= 0.3 is 0 Å². The second kappa shape index (κ2) is 17.8. The van der Waals surface area contributed by atoms with Gasteiger partial charge in [-0.25, -0.2) is 0 Å². The highest BCUT2D eigenvalue weighted by atomic mass is 15.1. The third-order valence-electron chi connectivity index (χ3n) is 18.1. The van der Waals surface area contributed by atoms with Gasteiger partial charge in [0.25, 0.3) is 0 Å². The summed E-state index contributed by atoms with van der Waals surface area (Å²) in [6.45, 7) is 14.2. The summed E-state index contributed by atoms with van der Waals surface area (Å²) in [4.78, 5) is 6.59. The molecule has 0 aromatic heterocycles. The number of anilines is 3. The minimum atomic E-state index is -0.0948. The van der Waals surface area contributed by atoms with Crippen LogP contribution in [0.25, 0.3) is 100 Å². The molecule has 384 valence electrons. The van der Waals surface area contributed by atoms with Crippen molar-refractivity contribution in [3.63, 3.8) is 0 Å². The highest BCUT2D eigenvalue weighted by Crippen LogP contribution is 2.54. The molecule has 10 aromatic rings. The van der Waals surface area contributed by atoms with Crippen LogP contribution in [0.2, 0.25) is 0 Å². The van der Waals surface area contributed by atoms with Crippen molar-refractivity contribution in [3.8, 4) is 100 Å². The van der Waals surface area contributed by atoms with Gasteiger partial charge < -0.3 is 14.7 Å². The summed E-state index contributed by atoms with van der Waals surface area (Å²) in [5.41, 5.74) is 34.4. The first-order valence-electron chi connectivity index (χ1n) is 27.7. The first-order valence-corrected chi connectivity index (χ1v) is 27.7. The van der Waals surface area contributed by atoms with E-state index in [0.717, 1.165) is 0 Å². The van der Waals surface area contributed by atoms with E-state index in [-0.39, 0.29) is 16.2 Å². The van der Waals surface area contributed by atoms with E-state index < -0.39 is 0 Å². The highest BCUT2D eigenvalue weighted by molar-refractivity contribution is 5.90. The van der Waals surface area contributed by atoms with Crippen LogP contribution in [0.3, 0.4) is 0 Å². The summed E-state index contributed by atoms with van der Waals surface area (Å²) < 4.78 is 0. The van der Waals surface area contributed by atoms with Crippen molar-refractivity contribution in [3.05, 3.63) is 234 Å². The van der Waals surface area contributed by atoms with Crippen molar-refractivity contribution < 1.29 is 0 Å². The molecule has 78 heavy (non-hydrogen) atoms. The molecule has 0 fully saturated rings. The van der Waals surface area contributed by atoms with Gasteiger partial charge in [-0.3, -0.25) is 0 Å². The largest absolute Gasteiger partial charge is 0.378 e. The van der Waals surface area contributed by atoms with Crippen LogP contribution in [0.4, 0.5) is 17.1 Å². The monoisotopic (exact) mass is 1010 g/mol. The lowest BCUT2D eigenvalue weighted by Gasteiger charge is -2.23. The molecule has 0 bridgehead atoms. The van der Waals surface area contributed by atoms with Crippen molar-refractivity contribution in [2.24, 2.45) is 0 Å². The summed E-state index contributed by atoms with van der Waals surface area (Å²) in [5.74, 6) is 0. The van der Waals surface area contributed by atoms with Crippen molar-refractivity contribution >= 4 is 17.1 Å². The first kappa shape index (κ1) is 49.2. The molecule has 3 aliphatic rings. The molecule has 3 heteroatoms. The standard InChI is InChI=1S/C75H69N3/c1-73(2)67-40-52(25-31-61(67)64-34-28-58(76(7)8)43-70(64)73)46-13-19-49(20-14-46)55-37-56(50-21-15-47(16-22-50)53-26-32-62-65-35-29-59(77(9)10)44-71(65)74(3,4)68(62)41-53)39-57(38-55)51-23-17-48(18-24-51)54-27-33-63-66-36-30-60(78(11)12)45-72(66)75(5,6)69(63)42-54/h13-45H,1-12H3. The van der Waals surface area contributed by atoms with E-state index in [1.807, 2.05) is 0 Å². The number of nitrogens with zero attached hydrogens (tertiary/aromatic N) is 3. The molecule has 0 spiro atoms. The second-order valence-corrected chi connectivity index (χ2v) is 24.6. The summed E-state index contributed by atoms with van der Waals surface area (Å²) in [7, 11) is 12.7. The highest BCUT2D eigenvalue weighted by Gasteiger charge is 2.38. The molecule has 0 aliphatic heterocycles. The summed E-state index contributed by atoms with van der Waals surface area (Å²) in [6.07, 6.45) is 0. The average molecular weight is 1010 g/mol. The van der Waals surface area contributed by atoms with Crippen LogP contribution in [0.5, 0.6) is 0 Å². The van der Waals surface area contributed by atoms with Gasteiger partial charge in [-0.2, -0.15) is 0 Å². The Hall–Kier alpha value is -8.40. The normalized spacial score (nSPS) is 14.5. The van der Waals surface area contributed by atoms with E-state index in [4.69, 9.17) is 0 Å². The number of benzene rings is 10. The average Bonchev–Trinajstić information content (AvgIpc) is 4.13. The fourth-order valence-electron chi connectivity index (χ4n) is 13.2. The molecule has 0 saturated heterocycles. The molecule has 0 saturated carbocycles. The molecule has 0 atom stereocenters. The summed E-state index contributed by atoms with van der Waals surface area (Å²) in [5, 5.41) is 0. The maximum atomic E-state index is 2.43. The summed E-state index contributed by atoms with van der Waals surface area (Å²) >= 11 is 0. The van der Waals surface area contributed by atoms with E-state index >= 15 is 0 Å². The van der Waals surface area contributed by atoms with Crippen molar-refractivity contribution in [1.82, 2.24) is 0 Å². The number of hydrogen-bond acceptors (Lipinski definition) is 3. The number of rotatable bonds is 9. The van der Waals surface area contributed by atoms with E-state index in [0.29, 0.717) is 0 Å². The zero-order valence-corrected chi connectivity index (χ0v) is 47.4. The molecule has 0 amide bonds. The molecule has 3 nitrogen and oxygen atoms in total. The van der Waals surface area contributed by atoms with Crippen LogP contribution in [0, 0.1) is 0 Å². The predicted molar refractivity (Wildman–Crippen MR) is 335 cm³/mol.